The lowest BCUT2D eigenvalue weighted by molar-refractivity contribution is 0.590. The van der Waals surface area contributed by atoms with Crippen molar-refractivity contribution in [3.63, 3.8) is 0 Å². The van der Waals surface area contributed by atoms with Gasteiger partial charge in [-0.3, -0.25) is 0 Å². The summed E-state index contributed by atoms with van der Waals surface area (Å²) in [6.07, 6.45) is 0. The molecule has 0 atom stereocenters. The van der Waals surface area contributed by atoms with Gasteiger partial charge in [-0.05, 0) is 108 Å². The summed E-state index contributed by atoms with van der Waals surface area (Å²) in [6.45, 7) is 21.4. The number of benzene rings is 7. The van der Waals surface area contributed by atoms with Crippen LogP contribution in [0.25, 0.3) is 21.5 Å². The average Bonchev–Trinajstić information content (AvgIpc) is 3.12. The number of fused-ring (bicyclic) bond motifs is 6. The van der Waals surface area contributed by atoms with Crippen LogP contribution in [0.5, 0.6) is 0 Å². The fraction of sp³-hybridized carbons (Fsp3) is 0.224. The van der Waals surface area contributed by atoms with Gasteiger partial charge in [-0.1, -0.05) is 151 Å². The van der Waals surface area contributed by atoms with E-state index in [4.69, 9.17) is 0 Å². The Hall–Kier alpha value is -5.06. The van der Waals surface area contributed by atoms with Crippen LogP contribution in [0.3, 0.4) is 0 Å². The van der Waals surface area contributed by atoms with E-state index in [2.05, 4.69) is 204 Å². The first-order chi connectivity index (χ1) is 25.2. The van der Waals surface area contributed by atoms with Crippen LogP contribution in [-0.2, 0) is 10.8 Å². The minimum absolute atomic E-state index is 0.0109. The topological polar surface area (TPSA) is 6.48 Å². The summed E-state index contributed by atoms with van der Waals surface area (Å²) >= 11 is 0. The molecule has 262 valence electrons. The molecule has 2 nitrogen and oxygen atoms in total. The highest BCUT2D eigenvalue weighted by molar-refractivity contribution is 7.00. The number of hydrogen-bond donors (Lipinski definition) is 0. The predicted molar refractivity (Wildman–Crippen MR) is 236 cm³/mol. The van der Waals surface area contributed by atoms with Crippen molar-refractivity contribution in [2.24, 2.45) is 0 Å². The maximum Gasteiger partial charge on any atom is 0.252 e. The van der Waals surface area contributed by atoms with Gasteiger partial charge >= 0.3 is 0 Å². The molecule has 0 saturated carbocycles. The van der Waals surface area contributed by atoms with Gasteiger partial charge < -0.3 is 9.80 Å². The van der Waals surface area contributed by atoms with Crippen LogP contribution < -0.4 is 31.4 Å². The fourth-order valence-electron chi connectivity index (χ4n) is 8.57. The molecule has 7 aromatic rings. The molecule has 2 aliphatic rings. The first-order valence-corrected chi connectivity index (χ1v) is 22.7. The van der Waals surface area contributed by atoms with Crippen LogP contribution >= 0.6 is 0 Å². The van der Waals surface area contributed by atoms with E-state index in [-0.39, 0.29) is 17.5 Å². The first kappa shape index (κ1) is 33.8. The minimum Gasteiger partial charge on any atom is -0.311 e. The summed E-state index contributed by atoms with van der Waals surface area (Å²) in [7, 11) is -1.79. The van der Waals surface area contributed by atoms with Gasteiger partial charge in [0.25, 0.3) is 6.71 Å². The molecule has 0 fully saturated rings. The van der Waals surface area contributed by atoms with Crippen LogP contribution in [0.4, 0.5) is 34.1 Å². The lowest BCUT2D eigenvalue weighted by atomic mass is 9.33. The second-order valence-electron chi connectivity index (χ2n) is 18.4. The van der Waals surface area contributed by atoms with Crippen molar-refractivity contribution >= 4 is 92.0 Å². The largest absolute Gasteiger partial charge is 0.311 e. The monoisotopic (exact) mass is 704 g/mol. The summed E-state index contributed by atoms with van der Waals surface area (Å²) in [4.78, 5) is 5.17. The van der Waals surface area contributed by atoms with Crippen molar-refractivity contribution < 1.29 is 0 Å². The SMILES string of the molecule is CC(C)(C)c1ccc(N2c3ccc(C(C)(C)C)cc3B3c4cc5ccccc5cc4N(c4ccc5ccccc5c4)c4cc([Si](C)(C)C)cc2c43)cc1. The van der Waals surface area contributed by atoms with E-state index in [0.717, 1.165) is 0 Å². The third-order valence-corrected chi connectivity index (χ3v) is 13.7. The van der Waals surface area contributed by atoms with E-state index in [9.17, 15) is 0 Å². The van der Waals surface area contributed by atoms with E-state index < -0.39 is 8.07 Å². The molecule has 0 amide bonds. The van der Waals surface area contributed by atoms with Crippen molar-refractivity contribution in [1.29, 1.82) is 0 Å². The molecular weight excluding hydrogens is 655 g/mol. The van der Waals surface area contributed by atoms with Crippen molar-refractivity contribution in [2.45, 2.75) is 72.0 Å². The Morgan fingerprint density at radius 1 is 0.434 bits per heavy atom. The van der Waals surface area contributed by atoms with Crippen molar-refractivity contribution in [2.75, 3.05) is 9.80 Å². The zero-order chi connectivity index (χ0) is 37.0. The third-order valence-electron chi connectivity index (χ3n) is 11.6. The molecule has 0 bridgehead atoms. The van der Waals surface area contributed by atoms with E-state index in [1.807, 2.05) is 0 Å². The quantitative estimate of drug-likeness (QED) is 0.169. The molecule has 2 heterocycles. The molecule has 0 aromatic heterocycles. The molecular formula is C49H49BN2Si. The van der Waals surface area contributed by atoms with E-state index in [1.54, 1.807) is 0 Å². The molecule has 53 heavy (non-hydrogen) atoms. The fourth-order valence-corrected chi connectivity index (χ4v) is 9.71. The minimum atomic E-state index is -1.79. The van der Waals surface area contributed by atoms with Crippen molar-refractivity contribution in [1.82, 2.24) is 0 Å². The van der Waals surface area contributed by atoms with Gasteiger partial charge in [-0.15, -0.1) is 0 Å². The van der Waals surface area contributed by atoms with Gasteiger partial charge in [0.15, 0.2) is 0 Å². The molecule has 9 rings (SSSR count). The number of anilines is 6. The predicted octanol–water partition coefficient (Wildman–Crippen LogP) is 11.2. The van der Waals surface area contributed by atoms with Crippen molar-refractivity contribution in [3.8, 4) is 0 Å². The summed E-state index contributed by atoms with van der Waals surface area (Å²) in [5.41, 5.74) is 14.5. The van der Waals surface area contributed by atoms with E-state index in [1.165, 1.54) is 88.4 Å². The van der Waals surface area contributed by atoms with Crippen LogP contribution in [0.2, 0.25) is 19.6 Å². The van der Waals surface area contributed by atoms with Gasteiger partial charge in [0.05, 0.1) is 8.07 Å². The van der Waals surface area contributed by atoms with Gasteiger partial charge in [0, 0.05) is 34.1 Å². The molecule has 4 heteroatoms. The lowest BCUT2D eigenvalue weighted by Crippen LogP contribution is -2.62. The Morgan fingerprint density at radius 3 is 1.55 bits per heavy atom. The smallest absolute Gasteiger partial charge is 0.252 e. The molecule has 7 aromatic carbocycles. The molecule has 0 N–H and O–H groups in total. The summed E-state index contributed by atoms with van der Waals surface area (Å²) in [6, 6.07) is 51.4. The highest BCUT2D eigenvalue weighted by Gasteiger charge is 2.44. The van der Waals surface area contributed by atoms with E-state index >= 15 is 0 Å². The lowest BCUT2D eigenvalue weighted by Gasteiger charge is -2.45. The standard InChI is InChI=1S/C49H49BN2Si/c1-48(2,3)36-19-23-38(24-20-36)51-43-25-21-37(49(4,5)6)29-42(43)50-41-27-34-16-12-13-17-35(34)28-44(41)52(39-22-18-32-14-10-11-15-33(32)26-39)46-31-40(53(7,8)9)30-45(51)47(46)50/h10-31H,1-9H3. The van der Waals surface area contributed by atoms with Gasteiger partial charge in [0.1, 0.15) is 0 Å². The Bertz CT molecular complexity index is 2580. The van der Waals surface area contributed by atoms with Gasteiger partial charge in [0.2, 0.25) is 0 Å². The Balaban J connectivity index is 1.42. The average molecular weight is 705 g/mol. The maximum absolute atomic E-state index is 2.59. The second kappa shape index (κ2) is 11.7. The highest BCUT2D eigenvalue weighted by atomic mass is 28.3. The van der Waals surface area contributed by atoms with Gasteiger partial charge in [-0.2, -0.15) is 0 Å². The zero-order valence-corrected chi connectivity index (χ0v) is 33.7. The van der Waals surface area contributed by atoms with Crippen LogP contribution in [0.15, 0.2) is 133 Å². The maximum atomic E-state index is 2.59. The zero-order valence-electron chi connectivity index (χ0n) is 32.7. The van der Waals surface area contributed by atoms with Gasteiger partial charge in [-0.25, -0.2) is 0 Å². The summed E-state index contributed by atoms with van der Waals surface area (Å²) in [5.74, 6) is 0. The molecule has 0 radical (unpaired) electrons. The molecule has 0 saturated heterocycles. The van der Waals surface area contributed by atoms with E-state index in [0.29, 0.717) is 0 Å². The first-order valence-electron chi connectivity index (χ1n) is 19.2. The Labute approximate surface area is 317 Å². The van der Waals surface area contributed by atoms with Crippen LogP contribution in [0, 0.1) is 0 Å². The summed E-state index contributed by atoms with van der Waals surface area (Å²) in [5, 5.41) is 6.53. The molecule has 0 spiro atoms. The normalized spacial score (nSPS) is 14.0. The molecule has 0 unspecified atom stereocenters. The number of hydrogen-bond acceptors (Lipinski definition) is 2. The highest BCUT2D eigenvalue weighted by Crippen LogP contribution is 2.45. The number of rotatable bonds is 3. The summed E-state index contributed by atoms with van der Waals surface area (Å²) < 4.78 is 0. The molecule has 0 aliphatic carbocycles. The second-order valence-corrected chi connectivity index (χ2v) is 23.5. The van der Waals surface area contributed by atoms with Crippen LogP contribution in [0.1, 0.15) is 52.7 Å². The number of nitrogens with zero attached hydrogens (tertiary/aromatic N) is 2. The third kappa shape index (κ3) is 5.53. The Kier molecular flexibility index (Phi) is 7.47. The van der Waals surface area contributed by atoms with Crippen molar-refractivity contribution in [3.05, 3.63) is 145 Å². The molecule has 2 aliphatic heterocycles. The van der Waals surface area contributed by atoms with Crippen LogP contribution in [-0.4, -0.2) is 14.8 Å². The Morgan fingerprint density at radius 2 is 0.943 bits per heavy atom.